The average Bonchev–Trinajstić information content (AvgIpc) is 3.15. The standard InChI is InChI=1S/C23H29FN4O5S/c1-15(29)32-14-21(30)27-9-7-26(8-10-27)20-6-5-17(11-19(20)24)28-13-18(33-23(28)31)12-25-22(34)16-3-2-4-16/h5-6,11,16,18H,2-4,7-10,12-14H2,1H3,(H,25,34)/t18-/m0/s1. The van der Waals surface area contributed by atoms with Crippen LogP contribution in [0.4, 0.5) is 20.6 Å². The van der Waals surface area contributed by atoms with Crippen molar-refractivity contribution in [3.05, 3.63) is 24.0 Å². The van der Waals surface area contributed by atoms with Gasteiger partial charge >= 0.3 is 12.1 Å². The number of amides is 2. The van der Waals surface area contributed by atoms with Gasteiger partial charge in [-0.2, -0.15) is 0 Å². The van der Waals surface area contributed by atoms with Crippen LogP contribution in [0.3, 0.4) is 0 Å². The number of carbonyl (C=O) groups excluding carboxylic acids is 3. The first kappa shape index (κ1) is 24.2. The zero-order chi connectivity index (χ0) is 24.2. The summed E-state index contributed by atoms with van der Waals surface area (Å²) in [6.45, 7) is 3.42. The van der Waals surface area contributed by atoms with E-state index in [9.17, 15) is 18.8 Å². The van der Waals surface area contributed by atoms with Crippen molar-refractivity contribution in [3.63, 3.8) is 0 Å². The number of esters is 1. The molecule has 0 aromatic heterocycles. The molecule has 0 radical (unpaired) electrons. The van der Waals surface area contributed by atoms with Crippen LogP contribution in [-0.2, 0) is 19.1 Å². The van der Waals surface area contributed by atoms with E-state index in [1.54, 1.807) is 17.0 Å². The predicted octanol–water partition coefficient (Wildman–Crippen LogP) is 2.08. The number of thiocarbonyl (C=S) groups is 1. The smallest absolute Gasteiger partial charge is 0.414 e. The van der Waals surface area contributed by atoms with E-state index in [0.29, 0.717) is 56.6 Å². The fourth-order valence-corrected chi connectivity index (χ4v) is 4.56. The number of cyclic esters (lactones) is 1. The van der Waals surface area contributed by atoms with Gasteiger partial charge in [0.25, 0.3) is 5.91 Å². The van der Waals surface area contributed by atoms with Gasteiger partial charge in [0.15, 0.2) is 6.61 Å². The Bertz CT molecular complexity index is 965. The summed E-state index contributed by atoms with van der Waals surface area (Å²) in [5.74, 6) is -0.789. The fourth-order valence-electron chi connectivity index (χ4n) is 4.24. The second kappa shape index (κ2) is 10.5. The molecule has 3 aliphatic rings. The summed E-state index contributed by atoms with van der Waals surface area (Å²) in [6.07, 6.45) is 2.55. The summed E-state index contributed by atoms with van der Waals surface area (Å²) in [4.78, 5) is 41.0. The van der Waals surface area contributed by atoms with E-state index in [4.69, 9.17) is 21.7 Å². The number of carbonyl (C=O) groups is 3. The van der Waals surface area contributed by atoms with Crippen LogP contribution in [0.15, 0.2) is 18.2 Å². The van der Waals surface area contributed by atoms with Crippen LogP contribution >= 0.6 is 12.2 Å². The highest BCUT2D eigenvalue weighted by Crippen LogP contribution is 2.29. The highest BCUT2D eigenvalue weighted by molar-refractivity contribution is 7.80. The van der Waals surface area contributed by atoms with E-state index >= 15 is 0 Å². The zero-order valence-electron chi connectivity index (χ0n) is 19.1. The van der Waals surface area contributed by atoms with Gasteiger partial charge in [-0.15, -0.1) is 0 Å². The van der Waals surface area contributed by atoms with Gasteiger partial charge in [-0.1, -0.05) is 18.6 Å². The Labute approximate surface area is 203 Å². The van der Waals surface area contributed by atoms with Crippen molar-refractivity contribution in [2.24, 2.45) is 5.92 Å². The largest absolute Gasteiger partial charge is 0.456 e. The minimum Gasteiger partial charge on any atom is -0.456 e. The third-order valence-electron chi connectivity index (χ3n) is 6.47. The summed E-state index contributed by atoms with van der Waals surface area (Å²) in [5, 5.41) is 3.20. The van der Waals surface area contributed by atoms with Gasteiger partial charge in [0, 0.05) is 39.0 Å². The summed E-state index contributed by atoms with van der Waals surface area (Å²) in [5.41, 5.74) is 0.845. The third-order valence-corrected chi connectivity index (χ3v) is 6.95. The molecular formula is C23H29FN4O5S. The fraction of sp³-hybridized carbons (Fsp3) is 0.565. The molecule has 4 rings (SSSR count). The van der Waals surface area contributed by atoms with Crippen molar-refractivity contribution in [2.45, 2.75) is 32.3 Å². The molecule has 34 heavy (non-hydrogen) atoms. The first-order valence-corrected chi connectivity index (χ1v) is 11.9. The lowest BCUT2D eigenvalue weighted by Gasteiger charge is -2.36. The van der Waals surface area contributed by atoms with Crippen molar-refractivity contribution in [1.82, 2.24) is 10.2 Å². The van der Waals surface area contributed by atoms with Crippen molar-refractivity contribution in [2.75, 3.05) is 55.7 Å². The molecule has 0 unspecified atom stereocenters. The third kappa shape index (κ3) is 5.57. The lowest BCUT2D eigenvalue weighted by atomic mass is 9.85. The molecule has 1 atom stereocenters. The normalized spacial score (nSPS) is 20.6. The molecule has 184 valence electrons. The Hall–Kier alpha value is -2.95. The van der Waals surface area contributed by atoms with Crippen LogP contribution < -0.4 is 15.1 Å². The molecule has 2 amide bonds. The van der Waals surface area contributed by atoms with Crippen molar-refractivity contribution < 1.29 is 28.2 Å². The first-order valence-electron chi connectivity index (χ1n) is 11.5. The monoisotopic (exact) mass is 492 g/mol. The molecule has 11 heteroatoms. The highest BCUT2D eigenvalue weighted by atomic mass is 32.1. The molecule has 1 N–H and O–H groups in total. The molecule has 2 aliphatic heterocycles. The van der Waals surface area contributed by atoms with E-state index in [0.717, 1.165) is 17.8 Å². The summed E-state index contributed by atoms with van der Waals surface area (Å²) >= 11 is 5.39. The van der Waals surface area contributed by atoms with Crippen molar-refractivity contribution in [3.8, 4) is 0 Å². The van der Waals surface area contributed by atoms with Gasteiger partial charge in [0.2, 0.25) is 0 Å². The predicted molar refractivity (Wildman–Crippen MR) is 127 cm³/mol. The van der Waals surface area contributed by atoms with Crippen LogP contribution in [0.2, 0.25) is 0 Å². The van der Waals surface area contributed by atoms with Gasteiger partial charge in [-0.05, 0) is 31.0 Å². The molecule has 1 aromatic rings. The molecule has 0 bridgehead atoms. The first-order chi connectivity index (χ1) is 16.3. The summed E-state index contributed by atoms with van der Waals surface area (Å²) in [7, 11) is 0. The van der Waals surface area contributed by atoms with Gasteiger partial charge in [-0.25, -0.2) is 9.18 Å². The maximum Gasteiger partial charge on any atom is 0.414 e. The van der Waals surface area contributed by atoms with Crippen LogP contribution in [0.5, 0.6) is 0 Å². The molecule has 2 saturated heterocycles. The maximum absolute atomic E-state index is 15.0. The van der Waals surface area contributed by atoms with Gasteiger partial charge in [0.05, 0.1) is 29.5 Å². The minimum absolute atomic E-state index is 0.268. The van der Waals surface area contributed by atoms with Crippen LogP contribution in [0, 0.1) is 11.7 Å². The van der Waals surface area contributed by atoms with Crippen LogP contribution in [0.25, 0.3) is 0 Å². The maximum atomic E-state index is 15.0. The topological polar surface area (TPSA) is 91.4 Å². The number of hydrogen-bond donors (Lipinski definition) is 1. The van der Waals surface area contributed by atoms with E-state index < -0.39 is 17.9 Å². The molecule has 9 nitrogen and oxygen atoms in total. The Morgan fingerprint density at radius 3 is 2.59 bits per heavy atom. The number of halogens is 1. The molecule has 2 heterocycles. The van der Waals surface area contributed by atoms with Crippen LogP contribution in [0.1, 0.15) is 26.2 Å². The molecule has 1 saturated carbocycles. The molecular weight excluding hydrogens is 463 g/mol. The van der Waals surface area contributed by atoms with E-state index in [-0.39, 0.29) is 18.6 Å². The second-order valence-corrected chi connectivity index (χ2v) is 9.21. The Morgan fingerprint density at radius 1 is 1.24 bits per heavy atom. The number of hydrogen-bond acceptors (Lipinski definition) is 7. The summed E-state index contributed by atoms with van der Waals surface area (Å²) in [6, 6.07) is 4.68. The van der Waals surface area contributed by atoms with E-state index in [1.807, 2.05) is 4.90 Å². The van der Waals surface area contributed by atoms with Crippen molar-refractivity contribution in [1.29, 1.82) is 0 Å². The van der Waals surface area contributed by atoms with Crippen molar-refractivity contribution >= 4 is 46.6 Å². The average molecular weight is 493 g/mol. The number of benzene rings is 1. The number of nitrogens with zero attached hydrogens (tertiary/aromatic N) is 3. The number of piperazine rings is 1. The minimum atomic E-state index is -0.506. The van der Waals surface area contributed by atoms with Gasteiger partial charge < -0.3 is 24.6 Å². The SMILES string of the molecule is CC(=O)OCC(=O)N1CCN(c2ccc(N3C[C@H](CNC(=S)C4CCC4)OC3=O)cc2F)CC1. The molecule has 3 fully saturated rings. The Balaban J connectivity index is 1.30. The Kier molecular flexibility index (Phi) is 7.50. The zero-order valence-corrected chi connectivity index (χ0v) is 19.9. The number of anilines is 2. The second-order valence-electron chi connectivity index (χ2n) is 8.77. The molecule has 0 spiro atoms. The Morgan fingerprint density at radius 2 is 1.97 bits per heavy atom. The van der Waals surface area contributed by atoms with E-state index in [1.165, 1.54) is 24.3 Å². The van der Waals surface area contributed by atoms with Crippen LogP contribution in [-0.4, -0.2) is 79.8 Å². The lowest BCUT2D eigenvalue weighted by molar-refractivity contribution is -0.150. The number of rotatable bonds is 7. The number of ether oxygens (including phenoxy) is 2. The number of nitrogens with one attached hydrogen (secondary N) is 1. The molecule has 1 aromatic carbocycles. The highest BCUT2D eigenvalue weighted by Gasteiger charge is 2.34. The van der Waals surface area contributed by atoms with Gasteiger partial charge in [0.1, 0.15) is 11.9 Å². The quantitative estimate of drug-likeness (QED) is 0.457. The summed E-state index contributed by atoms with van der Waals surface area (Å²) < 4.78 is 25.2. The van der Waals surface area contributed by atoms with E-state index in [2.05, 4.69) is 5.32 Å². The molecule has 1 aliphatic carbocycles. The lowest BCUT2D eigenvalue weighted by Crippen LogP contribution is -2.50. The van der Waals surface area contributed by atoms with Gasteiger partial charge in [-0.3, -0.25) is 14.5 Å².